The second kappa shape index (κ2) is 9.26. The van der Waals surface area contributed by atoms with Gasteiger partial charge in [0.25, 0.3) is 0 Å². The molecule has 0 amide bonds. The highest BCUT2D eigenvalue weighted by atomic mass is 16.5. The summed E-state index contributed by atoms with van der Waals surface area (Å²) < 4.78 is 5.73. The fourth-order valence-corrected chi connectivity index (χ4v) is 1.68. The molecule has 0 aliphatic heterocycles. The molecule has 14 heavy (non-hydrogen) atoms. The summed E-state index contributed by atoms with van der Waals surface area (Å²) in [5.74, 6) is 0. The summed E-state index contributed by atoms with van der Waals surface area (Å²) in [6.45, 7) is 9.51. The highest BCUT2D eigenvalue weighted by Gasteiger charge is 2.09. The van der Waals surface area contributed by atoms with Crippen LogP contribution in [0.3, 0.4) is 0 Å². The van der Waals surface area contributed by atoms with E-state index in [-0.39, 0.29) is 0 Å². The van der Waals surface area contributed by atoms with Crippen molar-refractivity contribution in [2.75, 3.05) is 6.61 Å². The van der Waals surface area contributed by atoms with E-state index in [1.165, 1.54) is 31.3 Å². The first-order valence-corrected chi connectivity index (χ1v) is 6.04. The van der Waals surface area contributed by atoms with Crippen LogP contribution in [-0.4, -0.2) is 12.7 Å². The zero-order chi connectivity index (χ0) is 10.8. The van der Waals surface area contributed by atoms with Crippen LogP contribution in [-0.2, 0) is 4.74 Å². The summed E-state index contributed by atoms with van der Waals surface area (Å²) in [6.07, 6.45) is 8.85. The maximum Gasteiger partial charge on any atom is 0.0782 e. The van der Waals surface area contributed by atoms with Gasteiger partial charge >= 0.3 is 0 Å². The summed E-state index contributed by atoms with van der Waals surface area (Å²) in [6, 6.07) is 0. The van der Waals surface area contributed by atoms with Crippen LogP contribution in [0.2, 0.25) is 0 Å². The molecule has 84 valence electrons. The van der Waals surface area contributed by atoms with Crippen LogP contribution in [0.4, 0.5) is 0 Å². The van der Waals surface area contributed by atoms with Crippen molar-refractivity contribution in [3.8, 4) is 0 Å². The van der Waals surface area contributed by atoms with Gasteiger partial charge in [-0.1, -0.05) is 39.2 Å². The normalized spacial score (nSPS) is 14.4. The number of hydrogen-bond donors (Lipinski definition) is 0. The smallest absolute Gasteiger partial charge is 0.0782 e. The predicted octanol–water partition coefficient (Wildman–Crippen LogP) is 4.33. The monoisotopic (exact) mass is 198 g/mol. The maximum absolute atomic E-state index is 5.73. The summed E-state index contributed by atoms with van der Waals surface area (Å²) in [5.41, 5.74) is 1.41. The van der Waals surface area contributed by atoms with Gasteiger partial charge in [0.2, 0.25) is 0 Å². The largest absolute Gasteiger partial charge is 0.374 e. The molecular weight excluding hydrogens is 172 g/mol. The molecule has 0 spiro atoms. The lowest BCUT2D eigenvalue weighted by atomic mass is 10.0. The fourth-order valence-electron chi connectivity index (χ4n) is 1.68. The van der Waals surface area contributed by atoms with E-state index in [0.717, 1.165) is 13.0 Å². The number of allylic oxidation sites excluding steroid dienone is 1. The second-order valence-electron chi connectivity index (χ2n) is 3.80. The molecule has 1 atom stereocenters. The van der Waals surface area contributed by atoms with Crippen LogP contribution in [0.1, 0.15) is 59.8 Å². The summed E-state index contributed by atoms with van der Waals surface area (Å²) >= 11 is 0. The number of hydrogen-bond acceptors (Lipinski definition) is 1. The van der Waals surface area contributed by atoms with E-state index in [2.05, 4.69) is 33.8 Å². The Morgan fingerprint density at radius 1 is 1.21 bits per heavy atom. The summed E-state index contributed by atoms with van der Waals surface area (Å²) in [4.78, 5) is 0. The molecule has 0 heterocycles. The Hall–Kier alpha value is -0.300. The highest BCUT2D eigenvalue weighted by Crippen LogP contribution is 2.15. The van der Waals surface area contributed by atoms with Crippen molar-refractivity contribution in [2.45, 2.75) is 65.9 Å². The van der Waals surface area contributed by atoms with Crippen LogP contribution >= 0.6 is 0 Å². The number of unbranched alkanes of at least 4 members (excludes halogenated alkanes) is 2. The Kier molecular flexibility index (Phi) is 9.06. The molecule has 0 rings (SSSR count). The molecule has 0 N–H and O–H groups in total. The van der Waals surface area contributed by atoms with E-state index >= 15 is 0 Å². The lowest BCUT2D eigenvalue weighted by molar-refractivity contribution is 0.0800. The Labute approximate surface area is 89.5 Å². The van der Waals surface area contributed by atoms with Gasteiger partial charge in [0, 0.05) is 6.61 Å². The van der Waals surface area contributed by atoms with E-state index in [0.29, 0.717) is 6.10 Å². The average Bonchev–Trinajstić information content (AvgIpc) is 2.17. The maximum atomic E-state index is 5.73. The first-order chi connectivity index (χ1) is 6.76. The van der Waals surface area contributed by atoms with E-state index in [1.54, 1.807) is 0 Å². The minimum Gasteiger partial charge on any atom is -0.374 e. The SMILES string of the molecule is CC/C=C(\C)C(CCCCC)OCC. The van der Waals surface area contributed by atoms with Gasteiger partial charge in [0.15, 0.2) is 0 Å². The Morgan fingerprint density at radius 3 is 2.43 bits per heavy atom. The van der Waals surface area contributed by atoms with Crippen molar-refractivity contribution < 1.29 is 4.74 Å². The second-order valence-corrected chi connectivity index (χ2v) is 3.80. The minimum atomic E-state index is 0.367. The Morgan fingerprint density at radius 2 is 1.93 bits per heavy atom. The molecule has 1 nitrogen and oxygen atoms in total. The Bertz CT molecular complexity index is 149. The van der Waals surface area contributed by atoms with Gasteiger partial charge < -0.3 is 4.74 Å². The molecule has 0 radical (unpaired) electrons. The highest BCUT2D eigenvalue weighted by molar-refractivity contribution is 5.04. The van der Waals surface area contributed by atoms with E-state index in [4.69, 9.17) is 4.74 Å². The molecule has 0 aliphatic carbocycles. The Balaban J connectivity index is 3.93. The van der Waals surface area contributed by atoms with Gasteiger partial charge in [0.05, 0.1) is 6.10 Å². The van der Waals surface area contributed by atoms with Gasteiger partial charge in [-0.3, -0.25) is 0 Å². The average molecular weight is 198 g/mol. The molecule has 1 heteroatoms. The summed E-state index contributed by atoms with van der Waals surface area (Å²) in [7, 11) is 0. The fraction of sp³-hybridized carbons (Fsp3) is 0.846. The number of ether oxygens (including phenoxy) is 1. The van der Waals surface area contributed by atoms with Crippen molar-refractivity contribution >= 4 is 0 Å². The van der Waals surface area contributed by atoms with Gasteiger partial charge in [-0.05, 0) is 32.3 Å². The third-order valence-electron chi connectivity index (χ3n) is 2.47. The van der Waals surface area contributed by atoms with Crippen molar-refractivity contribution in [2.24, 2.45) is 0 Å². The molecular formula is C13H26O. The first kappa shape index (κ1) is 13.7. The molecule has 0 aromatic heterocycles. The van der Waals surface area contributed by atoms with Crippen LogP contribution in [0.15, 0.2) is 11.6 Å². The third kappa shape index (κ3) is 6.20. The van der Waals surface area contributed by atoms with Crippen LogP contribution in [0.5, 0.6) is 0 Å². The zero-order valence-electron chi connectivity index (χ0n) is 10.3. The van der Waals surface area contributed by atoms with Crippen molar-refractivity contribution in [3.05, 3.63) is 11.6 Å². The molecule has 0 saturated heterocycles. The molecule has 0 aromatic carbocycles. The third-order valence-corrected chi connectivity index (χ3v) is 2.47. The summed E-state index contributed by atoms with van der Waals surface area (Å²) in [5, 5.41) is 0. The van der Waals surface area contributed by atoms with Gasteiger partial charge in [0.1, 0.15) is 0 Å². The van der Waals surface area contributed by atoms with Gasteiger partial charge in [-0.25, -0.2) is 0 Å². The predicted molar refractivity (Wildman–Crippen MR) is 63.6 cm³/mol. The van der Waals surface area contributed by atoms with Crippen LogP contribution < -0.4 is 0 Å². The topological polar surface area (TPSA) is 9.23 Å². The van der Waals surface area contributed by atoms with Crippen LogP contribution in [0, 0.1) is 0 Å². The molecule has 0 saturated carbocycles. The minimum absolute atomic E-state index is 0.367. The quantitative estimate of drug-likeness (QED) is 0.417. The molecule has 0 aliphatic rings. The molecule has 0 fully saturated rings. The number of rotatable bonds is 8. The van der Waals surface area contributed by atoms with Crippen molar-refractivity contribution in [3.63, 3.8) is 0 Å². The molecule has 1 unspecified atom stereocenters. The van der Waals surface area contributed by atoms with E-state index < -0.39 is 0 Å². The van der Waals surface area contributed by atoms with Gasteiger partial charge in [-0.15, -0.1) is 0 Å². The lowest BCUT2D eigenvalue weighted by Crippen LogP contribution is -2.14. The van der Waals surface area contributed by atoms with E-state index in [1.807, 2.05) is 0 Å². The van der Waals surface area contributed by atoms with Crippen molar-refractivity contribution in [1.29, 1.82) is 0 Å². The first-order valence-electron chi connectivity index (χ1n) is 6.04. The molecule has 0 aromatic rings. The lowest BCUT2D eigenvalue weighted by Gasteiger charge is -2.17. The molecule has 0 bridgehead atoms. The zero-order valence-corrected chi connectivity index (χ0v) is 10.3. The standard InChI is InChI=1S/C13H26O/c1-5-8-9-11-13(14-7-3)12(4)10-6-2/h10,13H,5-9,11H2,1-4H3/b12-10+. The van der Waals surface area contributed by atoms with Crippen LogP contribution in [0.25, 0.3) is 0 Å². The van der Waals surface area contributed by atoms with Crippen molar-refractivity contribution in [1.82, 2.24) is 0 Å². The van der Waals surface area contributed by atoms with E-state index in [9.17, 15) is 0 Å². The van der Waals surface area contributed by atoms with Gasteiger partial charge in [-0.2, -0.15) is 0 Å².